The molecule has 0 aromatic carbocycles. The lowest BCUT2D eigenvalue weighted by Gasteiger charge is -2.46. The van der Waals surface area contributed by atoms with Gasteiger partial charge in [-0.25, -0.2) is 0 Å². The summed E-state index contributed by atoms with van der Waals surface area (Å²) in [5.74, 6) is 1.59. The minimum Gasteiger partial charge on any atom is -0.369 e. The van der Waals surface area contributed by atoms with Crippen molar-refractivity contribution in [3.05, 3.63) is 0 Å². The SMILES string of the molecule is CCC(C)(OC(C)(CC)C1CCCC1)C1CCCC1. The molecule has 0 aliphatic heterocycles. The number of rotatable bonds is 6. The summed E-state index contributed by atoms with van der Waals surface area (Å²) in [5.41, 5.74) is 0.230. The van der Waals surface area contributed by atoms with Gasteiger partial charge in [-0.2, -0.15) is 0 Å². The van der Waals surface area contributed by atoms with E-state index < -0.39 is 0 Å². The second kappa shape index (κ2) is 6.16. The van der Waals surface area contributed by atoms with E-state index in [4.69, 9.17) is 4.74 Å². The van der Waals surface area contributed by atoms with Crippen molar-refractivity contribution >= 4 is 0 Å². The van der Waals surface area contributed by atoms with E-state index in [-0.39, 0.29) is 11.2 Å². The fraction of sp³-hybridized carbons (Fsp3) is 1.00. The standard InChI is InChI=1S/C18H34O/c1-5-17(3,15-11-7-8-12-15)19-18(4,6-2)16-13-9-10-14-16/h15-16H,5-14H2,1-4H3. The van der Waals surface area contributed by atoms with Crippen molar-refractivity contribution in [3.63, 3.8) is 0 Å². The molecule has 0 saturated heterocycles. The third-order valence-corrected chi connectivity index (χ3v) is 6.31. The second-order valence-corrected chi connectivity index (χ2v) is 7.40. The summed E-state index contributed by atoms with van der Waals surface area (Å²) in [5, 5.41) is 0. The molecule has 112 valence electrons. The molecule has 1 nitrogen and oxygen atoms in total. The van der Waals surface area contributed by atoms with Gasteiger partial charge in [0.25, 0.3) is 0 Å². The van der Waals surface area contributed by atoms with Gasteiger partial charge in [0.1, 0.15) is 0 Å². The zero-order valence-corrected chi connectivity index (χ0v) is 13.6. The highest BCUT2D eigenvalue weighted by atomic mass is 16.5. The Morgan fingerprint density at radius 2 is 1.05 bits per heavy atom. The van der Waals surface area contributed by atoms with Crippen LogP contribution in [0.5, 0.6) is 0 Å². The van der Waals surface area contributed by atoms with Gasteiger partial charge < -0.3 is 4.74 Å². The van der Waals surface area contributed by atoms with Gasteiger partial charge in [-0.15, -0.1) is 0 Å². The van der Waals surface area contributed by atoms with E-state index in [2.05, 4.69) is 27.7 Å². The van der Waals surface area contributed by atoms with Crippen LogP contribution in [0, 0.1) is 11.8 Å². The van der Waals surface area contributed by atoms with E-state index in [1.165, 1.54) is 64.2 Å². The van der Waals surface area contributed by atoms with E-state index in [0.717, 1.165) is 11.8 Å². The zero-order valence-electron chi connectivity index (χ0n) is 13.6. The maximum absolute atomic E-state index is 6.89. The maximum Gasteiger partial charge on any atom is 0.0687 e. The summed E-state index contributed by atoms with van der Waals surface area (Å²) in [7, 11) is 0. The van der Waals surface area contributed by atoms with Gasteiger partial charge in [0, 0.05) is 0 Å². The first-order valence-electron chi connectivity index (χ1n) is 8.74. The van der Waals surface area contributed by atoms with Gasteiger partial charge in [0.2, 0.25) is 0 Å². The second-order valence-electron chi connectivity index (χ2n) is 7.40. The molecule has 19 heavy (non-hydrogen) atoms. The third-order valence-electron chi connectivity index (χ3n) is 6.31. The smallest absolute Gasteiger partial charge is 0.0687 e. The van der Waals surface area contributed by atoms with Gasteiger partial charge in [-0.05, 0) is 64.2 Å². The summed E-state index contributed by atoms with van der Waals surface area (Å²) < 4.78 is 6.89. The van der Waals surface area contributed by atoms with Crippen molar-refractivity contribution in [1.29, 1.82) is 0 Å². The molecule has 0 radical (unpaired) electrons. The molecule has 0 bridgehead atoms. The molecule has 2 fully saturated rings. The molecule has 0 aromatic rings. The molecule has 2 rings (SSSR count). The van der Waals surface area contributed by atoms with Gasteiger partial charge in [-0.1, -0.05) is 39.5 Å². The highest BCUT2D eigenvalue weighted by Gasteiger charge is 2.44. The van der Waals surface area contributed by atoms with Crippen molar-refractivity contribution in [2.75, 3.05) is 0 Å². The molecule has 0 spiro atoms. The third kappa shape index (κ3) is 3.17. The van der Waals surface area contributed by atoms with E-state index in [9.17, 15) is 0 Å². The molecule has 0 aromatic heterocycles. The van der Waals surface area contributed by atoms with Crippen LogP contribution < -0.4 is 0 Å². The van der Waals surface area contributed by atoms with Gasteiger partial charge in [0.05, 0.1) is 11.2 Å². The summed E-state index contributed by atoms with van der Waals surface area (Å²) in [6.07, 6.45) is 13.5. The van der Waals surface area contributed by atoms with Crippen molar-refractivity contribution in [2.45, 2.75) is 103 Å². The Kier molecular flexibility index (Phi) is 4.98. The Bertz CT molecular complexity index is 247. The molecule has 2 unspecified atom stereocenters. The first-order chi connectivity index (χ1) is 9.04. The highest BCUT2D eigenvalue weighted by Crippen LogP contribution is 2.46. The summed E-state index contributed by atoms with van der Waals surface area (Å²) >= 11 is 0. The van der Waals surface area contributed by atoms with Crippen LogP contribution in [0.25, 0.3) is 0 Å². The molecule has 2 aliphatic rings. The van der Waals surface area contributed by atoms with Crippen LogP contribution in [0.3, 0.4) is 0 Å². The number of hydrogen-bond donors (Lipinski definition) is 0. The van der Waals surface area contributed by atoms with Crippen LogP contribution in [-0.4, -0.2) is 11.2 Å². The molecular weight excluding hydrogens is 232 g/mol. The van der Waals surface area contributed by atoms with E-state index in [1.54, 1.807) is 0 Å². The lowest BCUT2D eigenvalue weighted by atomic mass is 9.80. The Labute approximate surface area is 120 Å². The average molecular weight is 266 g/mol. The monoisotopic (exact) mass is 266 g/mol. The number of hydrogen-bond acceptors (Lipinski definition) is 1. The maximum atomic E-state index is 6.89. The quantitative estimate of drug-likeness (QED) is 0.597. The summed E-state index contributed by atoms with van der Waals surface area (Å²) in [4.78, 5) is 0. The van der Waals surface area contributed by atoms with E-state index in [0.29, 0.717) is 0 Å². The van der Waals surface area contributed by atoms with Crippen LogP contribution in [0.15, 0.2) is 0 Å². The lowest BCUT2D eigenvalue weighted by Crippen LogP contribution is -2.48. The average Bonchev–Trinajstić information content (AvgIpc) is 3.10. The molecule has 2 saturated carbocycles. The Hall–Kier alpha value is -0.0400. The minimum absolute atomic E-state index is 0.115. The van der Waals surface area contributed by atoms with Crippen molar-refractivity contribution in [1.82, 2.24) is 0 Å². The Morgan fingerprint density at radius 3 is 1.32 bits per heavy atom. The first kappa shape index (κ1) is 15.4. The molecule has 0 N–H and O–H groups in total. The van der Waals surface area contributed by atoms with Gasteiger partial charge in [-0.3, -0.25) is 0 Å². The van der Waals surface area contributed by atoms with Crippen LogP contribution in [-0.2, 0) is 4.74 Å². The van der Waals surface area contributed by atoms with Gasteiger partial charge in [0.15, 0.2) is 0 Å². The summed E-state index contributed by atoms with van der Waals surface area (Å²) in [6.45, 7) is 9.43. The molecule has 2 atom stereocenters. The highest BCUT2D eigenvalue weighted by molar-refractivity contribution is 4.93. The normalized spacial score (nSPS) is 28.4. The largest absolute Gasteiger partial charge is 0.369 e. The fourth-order valence-corrected chi connectivity index (χ4v) is 4.49. The van der Waals surface area contributed by atoms with Crippen LogP contribution in [0.1, 0.15) is 91.9 Å². The van der Waals surface area contributed by atoms with Crippen LogP contribution in [0.4, 0.5) is 0 Å². The fourth-order valence-electron chi connectivity index (χ4n) is 4.49. The minimum atomic E-state index is 0.115. The Morgan fingerprint density at radius 1 is 0.737 bits per heavy atom. The Balaban J connectivity index is 2.09. The summed E-state index contributed by atoms with van der Waals surface area (Å²) in [6, 6.07) is 0. The molecule has 1 heteroatoms. The predicted octanol–water partition coefficient (Wildman–Crippen LogP) is 5.72. The lowest BCUT2D eigenvalue weighted by molar-refractivity contribution is -0.191. The topological polar surface area (TPSA) is 9.23 Å². The predicted molar refractivity (Wildman–Crippen MR) is 82.4 cm³/mol. The first-order valence-corrected chi connectivity index (χ1v) is 8.74. The molecule has 0 heterocycles. The van der Waals surface area contributed by atoms with Gasteiger partial charge >= 0.3 is 0 Å². The van der Waals surface area contributed by atoms with Crippen molar-refractivity contribution < 1.29 is 4.74 Å². The molecule has 2 aliphatic carbocycles. The van der Waals surface area contributed by atoms with E-state index in [1.807, 2.05) is 0 Å². The number of ether oxygens (including phenoxy) is 1. The van der Waals surface area contributed by atoms with Crippen molar-refractivity contribution in [2.24, 2.45) is 11.8 Å². The van der Waals surface area contributed by atoms with Crippen molar-refractivity contribution in [3.8, 4) is 0 Å². The zero-order chi connectivity index (χ0) is 13.9. The van der Waals surface area contributed by atoms with Crippen LogP contribution in [0.2, 0.25) is 0 Å². The molecule has 0 amide bonds. The van der Waals surface area contributed by atoms with E-state index >= 15 is 0 Å². The molecular formula is C18H34O. The van der Waals surface area contributed by atoms with Crippen LogP contribution >= 0.6 is 0 Å².